The molecule has 24 heteroatoms. The van der Waals surface area contributed by atoms with Gasteiger partial charge in [-0.1, -0.05) is 0 Å². The number of aliphatic hydroxyl groups is 1. The maximum atomic E-state index is 15.6. The van der Waals surface area contributed by atoms with Gasteiger partial charge < -0.3 is 35.7 Å². The van der Waals surface area contributed by atoms with Gasteiger partial charge >= 0.3 is 15.9 Å². The number of aromatic nitrogens is 8. The molecule has 0 aliphatic carbocycles. The van der Waals surface area contributed by atoms with Crippen LogP contribution < -0.4 is 11.5 Å². The van der Waals surface area contributed by atoms with Crippen molar-refractivity contribution in [1.29, 1.82) is 0 Å². The van der Waals surface area contributed by atoms with Crippen LogP contribution in [0.5, 0.6) is 0 Å². The van der Waals surface area contributed by atoms with Crippen molar-refractivity contribution >= 4 is 49.8 Å². The summed E-state index contributed by atoms with van der Waals surface area (Å²) in [6.07, 6.45) is -9.61. The monoisotopic (exact) mass is 677 g/mol. The third kappa shape index (κ3) is 5.97. The zero-order chi connectivity index (χ0) is 32.0. The van der Waals surface area contributed by atoms with Crippen molar-refractivity contribution in [2.45, 2.75) is 49.2 Å². The summed E-state index contributed by atoms with van der Waals surface area (Å²) in [5, 5.41) is 9.61. The van der Waals surface area contributed by atoms with Crippen LogP contribution in [0.2, 0.25) is 0 Å². The molecule has 6 rings (SSSR count). The SMILES string of the molecule is Nc1ncnc2c1ncn2[C@@H]1O[C@H](COP(=O)(O)OC2C(F)[C@@H](CO)O[C@H]2n2cnc3c(N)ncnc32)C(F)C1OC[P+](=O)O. The van der Waals surface area contributed by atoms with Crippen LogP contribution in [0.15, 0.2) is 25.3 Å². The predicted molar refractivity (Wildman–Crippen MR) is 144 cm³/mol. The second-order valence-corrected chi connectivity index (χ2v) is 12.2. The van der Waals surface area contributed by atoms with E-state index < -0.39 is 84.6 Å². The summed E-state index contributed by atoms with van der Waals surface area (Å²) in [6, 6.07) is 0. The van der Waals surface area contributed by atoms with Crippen molar-refractivity contribution < 1.29 is 56.1 Å². The molecule has 4 aromatic rings. The molecule has 4 aromatic heterocycles. The van der Waals surface area contributed by atoms with Gasteiger partial charge in [-0.3, -0.25) is 18.2 Å². The van der Waals surface area contributed by atoms with Crippen LogP contribution in [0, 0.1) is 0 Å². The Morgan fingerprint density at radius 2 is 1.44 bits per heavy atom. The highest BCUT2D eigenvalue weighted by Gasteiger charge is 2.52. The number of fused-ring (bicyclic) bond motifs is 2. The van der Waals surface area contributed by atoms with Crippen LogP contribution in [-0.4, -0.2) is 110 Å². The Bertz CT molecular complexity index is 1770. The average Bonchev–Trinajstić information content (AvgIpc) is 3.76. The van der Waals surface area contributed by atoms with E-state index in [1.54, 1.807) is 0 Å². The lowest BCUT2D eigenvalue weighted by Crippen LogP contribution is -2.33. The molecule has 10 atom stereocenters. The molecular formula is C21H25F2N10O10P2+. The van der Waals surface area contributed by atoms with E-state index in [2.05, 4.69) is 29.9 Å². The van der Waals surface area contributed by atoms with Crippen molar-refractivity contribution in [3.8, 4) is 0 Å². The molecule has 242 valence electrons. The van der Waals surface area contributed by atoms with E-state index in [1.165, 1.54) is 21.8 Å². The van der Waals surface area contributed by atoms with Gasteiger partial charge in [0.05, 0.1) is 25.9 Å². The van der Waals surface area contributed by atoms with Crippen molar-refractivity contribution in [1.82, 2.24) is 39.0 Å². The number of anilines is 2. The van der Waals surface area contributed by atoms with Crippen LogP contribution in [0.3, 0.4) is 0 Å². The van der Waals surface area contributed by atoms with Crippen molar-refractivity contribution in [3.05, 3.63) is 25.3 Å². The van der Waals surface area contributed by atoms with Gasteiger partial charge in [-0.05, 0) is 4.57 Å². The first-order valence-corrected chi connectivity index (χ1v) is 15.8. The molecule has 2 aliphatic rings. The lowest BCUT2D eigenvalue weighted by Gasteiger charge is -2.24. The molecule has 0 aromatic carbocycles. The normalized spacial score (nSPS) is 30.3. The fourth-order valence-electron chi connectivity index (χ4n) is 5.02. The van der Waals surface area contributed by atoms with Gasteiger partial charge in [0.1, 0.15) is 48.1 Å². The number of hydrogen-bond acceptors (Lipinski definition) is 16. The van der Waals surface area contributed by atoms with E-state index in [4.69, 9.17) is 34.7 Å². The summed E-state index contributed by atoms with van der Waals surface area (Å²) in [5.74, 6) is 0.0235. The summed E-state index contributed by atoms with van der Waals surface area (Å²) in [7, 11) is -8.03. The molecule has 2 fully saturated rings. The number of aliphatic hydroxyl groups excluding tert-OH is 1. The number of alkyl halides is 2. The molecule has 20 nitrogen and oxygen atoms in total. The van der Waals surface area contributed by atoms with Gasteiger partial charge in [0, 0.05) is 0 Å². The Labute approximate surface area is 250 Å². The lowest BCUT2D eigenvalue weighted by atomic mass is 10.1. The number of rotatable bonds is 11. The highest BCUT2D eigenvalue weighted by molar-refractivity contribution is 7.47. The van der Waals surface area contributed by atoms with Gasteiger partial charge in [0.25, 0.3) is 6.35 Å². The number of halogens is 2. The quantitative estimate of drug-likeness (QED) is 0.129. The number of hydrogen-bond donors (Lipinski definition) is 5. The molecule has 2 aliphatic heterocycles. The lowest BCUT2D eigenvalue weighted by molar-refractivity contribution is -0.0662. The standard InChI is InChI=1S/C21H24F2N10O10P2/c22-10-8(1-34)41-21(33-6-31-13-17(25)27-4-29-19(13)33)15(10)43-45(37,38)40-2-9-11(23)14(39-7-44(35)36)20(42-9)32-5-30-12-16(24)26-3-28-18(12)32/h3-6,8-11,14-15,20-21,34H,1-2,7H2,(H5-,24,25,26,27,28,29,35,36,37,38)/p+1/t8-,9-,10?,11?,14?,15?,20-,21-/m1/s1. The molecule has 6 heterocycles. The van der Waals surface area contributed by atoms with E-state index in [1.807, 2.05) is 0 Å². The van der Waals surface area contributed by atoms with Crippen LogP contribution in [0.4, 0.5) is 20.4 Å². The van der Waals surface area contributed by atoms with Gasteiger partial charge in [0.15, 0.2) is 47.7 Å². The fraction of sp³-hybridized carbons (Fsp3) is 0.524. The van der Waals surface area contributed by atoms with E-state index in [-0.39, 0.29) is 34.0 Å². The number of nitrogen functional groups attached to an aromatic ring is 2. The molecule has 7 N–H and O–H groups in total. The first-order valence-electron chi connectivity index (χ1n) is 13.0. The van der Waals surface area contributed by atoms with Crippen LogP contribution in [0.1, 0.15) is 12.5 Å². The Kier molecular flexibility index (Phi) is 8.69. The summed E-state index contributed by atoms with van der Waals surface area (Å²) >= 11 is 0. The zero-order valence-corrected chi connectivity index (χ0v) is 24.4. The minimum Gasteiger partial charge on any atom is -0.394 e. The molecule has 2 saturated heterocycles. The predicted octanol–water partition coefficient (Wildman–Crippen LogP) is -0.127. The molecular weight excluding hydrogens is 652 g/mol. The minimum absolute atomic E-state index is 0.00396. The number of nitrogens with zero attached hydrogens (tertiary/aromatic N) is 8. The molecule has 6 unspecified atom stereocenters. The Morgan fingerprint density at radius 3 is 2.00 bits per heavy atom. The molecule has 0 saturated carbocycles. The summed E-state index contributed by atoms with van der Waals surface area (Å²) in [5.41, 5.74) is 12.1. The molecule has 0 amide bonds. The van der Waals surface area contributed by atoms with Gasteiger partial charge in [-0.15, -0.1) is 0 Å². The van der Waals surface area contributed by atoms with Gasteiger partial charge in [0.2, 0.25) is 0 Å². The Hall–Kier alpha value is -3.43. The second kappa shape index (κ2) is 12.4. The molecule has 0 radical (unpaired) electrons. The zero-order valence-electron chi connectivity index (χ0n) is 22.6. The third-order valence-electron chi connectivity index (χ3n) is 7.07. The van der Waals surface area contributed by atoms with E-state index in [0.717, 1.165) is 12.7 Å². The number of phosphoric acid groups is 1. The Morgan fingerprint density at radius 1 is 0.911 bits per heavy atom. The highest BCUT2D eigenvalue weighted by atomic mass is 31.2. The van der Waals surface area contributed by atoms with Crippen molar-refractivity contribution in [2.24, 2.45) is 0 Å². The maximum Gasteiger partial charge on any atom is 0.534 e. The smallest absolute Gasteiger partial charge is 0.394 e. The maximum absolute atomic E-state index is 15.6. The number of ether oxygens (including phenoxy) is 3. The largest absolute Gasteiger partial charge is 0.534 e. The summed E-state index contributed by atoms with van der Waals surface area (Å²) < 4.78 is 84.5. The third-order valence-corrected chi connectivity index (χ3v) is 8.42. The van der Waals surface area contributed by atoms with E-state index >= 15 is 8.78 Å². The summed E-state index contributed by atoms with van der Waals surface area (Å²) in [6.45, 7) is -1.73. The number of phosphoric ester groups is 1. The first-order chi connectivity index (χ1) is 21.5. The second-order valence-electron chi connectivity index (χ2n) is 9.81. The van der Waals surface area contributed by atoms with Crippen molar-refractivity contribution in [2.75, 3.05) is 31.0 Å². The molecule has 45 heavy (non-hydrogen) atoms. The average molecular weight is 677 g/mol. The van der Waals surface area contributed by atoms with Crippen molar-refractivity contribution in [3.63, 3.8) is 0 Å². The van der Waals surface area contributed by atoms with Crippen LogP contribution >= 0.6 is 15.9 Å². The summed E-state index contributed by atoms with van der Waals surface area (Å²) in [4.78, 5) is 43.7. The topological polar surface area (TPSA) is 280 Å². The molecule has 0 spiro atoms. The minimum atomic E-state index is -5.20. The van der Waals surface area contributed by atoms with E-state index in [0.29, 0.717) is 0 Å². The number of imidazole rings is 2. The number of nitrogens with two attached hydrogens (primary N) is 2. The van der Waals surface area contributed by atoms with Gasteiger partial charge in [-0.2, -0.15) is 4.89 Å². The first kappa shape index (κ1) is 31.5. The van der Waals surface area contributed by atoms with Crippen LogP contribution in [-0.2, 0) is 32.4 Å². The molecule has 0 bridgehead atoms. The van der Waals surface area contributed by atoms with Crippen LogP contribution in [0.25, 0.3) is 22.3 Å². The fourth-order valence-corrected chi connectivity index (χ4v) is 6.25. The Balaban J connectivity index is 1.20. The van der Waals surface area contributed by atoms with Gasteiger partial charge in [-0.25, -0.2) is 43.2 Å². The highest BCUT2D eigenvalue weighted by Crippen LogP contribution is 2.51. The van der Waals surface area contributed by atoms with E-state index in [9.17, 15) is 24.0 Å².